The van der Waals surface area contributed by atoms with E-state index in [4.69, 9.17) is 17.3 Å². The molecule has 2 aromatic rings. The molecule has 1 aliphatic carbocycles. The van der Waals surface area contributed by atoms with Gasteiger partial charge in [-0.1, -0.05) is 37.3 Å². The van der Waals surface area contributed by atoms with Crippen LogP contribution in [0.15, 0.2) is 23.0 Å². The van der Waals surface area contributed by atoms with Crippen LogP contribution >= 0.6 is 11.6 Å². The van der Waals surface area contributed by atoms with Crippen molar-refractivity contribution in [2.75, 3.05) is 6.54 Å². The van der Waals surface area contributed by atoms with Crippen molar-refractivity contribution in [2.24, 2.45) is 5.73 Å². The van der Waals surface area contributed by atoms with Crippen LogP contribution in [0, 0.1) is 13.8 Å². The summed E-state index contributed by atoms with van der Waals surface area (Å²) in [4.78, 5) is 37.1. The maximum Gasteiger partial charge on any atom is 0.341 e. The van der Waals surface area contributed by atoms with Crippen LogP contribution < -0.4 is 16.7 Å². The van der Waals surface area contributed by atoms with E-state index in [-0.39, 0.29) is 17.1 Å². The number of hydrogen-bond acceptors (Lipinski definition) is 4. The number of aliphatic hydroxyl groups is 1. The van der Waals surface area contributed by atoms with Gasteiger partial charge in [0.15, 0.2) is 0 Å². The Morgan fingerprint density at radius 3 is 2.37 bits per heavy atom. The van der Waals surface area contributed by atoms with Crippen molar-refractivity contribution < 1.29 is 14.7 Å². The van der Waals surface area contributed by atoms with Crippen molar-refractivity contribution in [3.05, 3.63) is 50.7 Å². The molecular weight excluding hydrogens is 408 g/mol. The molecule has 162 valence electrons. The van der Waals surface area contributed by atoms with Crippen molar-refractivity contribution in [2.45, 2.75) is 58.0 Å². The lowest BCUT2D eigenvalue weighted by atomic mass is 9.94. The highest BCUT2D eigenvalue weighted by molar-refractivity contribution is 6.33. The highest BCUT2D eigenvalue weighted by Gasteiger charge is 2.29. The lowest BCUT2D eigenvalue weighted by Crippen LogP contribution is -2.42. The van der Waals surface area contributed by atoms with E-state index in [1.54, 1.807) is 19.9 Å². The molecule has 0 unspecified atom stereocenters. The summed E-state index contributed by atoms with van der Waals surface area (Å²) in [5, 5.41) is 13.8. The minimum absolute atomic E-state index is 0.141. The molecule has 1 saturated carbocycles. The minimum Gasteiger partial charge on any atom is -0.388 e. The van der Waals surface area contributed by atoms with E-state index in [1.165, 1.54) is 16.7 Å². The Hall–Kier alpha value is -2.58. The topological polar surface area (TPSA) is 119 Å². The van der Waals surface area contributed by atoms with E-state index in [9.17, 15) is 19.5 Å². The molecule has 9 heteroatoms. The number of carbonyl (C=O) groups is 2. The second-order valence-corrected chi connectivity index (χ2v) is 8.36. The van der Waals surface area contributed by atoms with Gasteiger partial charge in [-0.05, 0) is 44.9 Å². The number of halogens is 1. The highest BCUT2D eigenvalue weighted by atomic mass is 35.5. The molecule has 0 radical (unpaired) electrons. The quantitative estimate of drug-likeness (QED) is 0.640. The number of aromatic nitrogens is 2. The Morgan fingerprint density at radius 1 is 1.17 bits per heavy atom. The van der Waals surface area contributed by atoms with Crippen LogP contribution in [0.2, 0.25) is 5.02 Å². The van der Waals surface area contributed by atoms with Crippen LogP contribution in [0.25, 0.3) is 5.69 Å². The summed E-state index contributed by atoms with van der Waals surface area (Å²) >= 11 is 6.24. The first kappa shape index (κ1) is 22.1. The van der Waals surface area contributed by atoms with E-state index in [0.717, 1.165) is 30.3 Å². The van der Waals surface area contributed by atoms with Crippen LogP contribution in [0.3, 0.4) is 0 Å². The third-order valence-corrected chi connectivity index (χ3v) is 6.19. The Balaban J connectivity index is 1.89. The maximum atomic E-state index is 12.8. The molecule has 0 atom stereocenters. The first-order valence-electron chi connectivity index (χ1n) is 10.1. The van der Waals surface area contributed by atoms with Gasteiger partial charge in [0.05, 0.1) is 21.9 Å². The number of nitrogens with two attached hydrogens (primary N) is 1. The summed E-state index contributed by atoms with van der Waals surface area (Å²) < 4.78 is 2.19. The monoisotopic (exact) mass is 434 g/mol. The molecule has 30 heavy (non-hydrogen) atoms. The van der Waals surface area contributed by atoms with E-state index in [1.807, 2.05) is 0 Å². The second-order valence-electron chi connectivity index (χ2n) is 7.95. The Labute approximate surface area is 179 Å². The predicted molar refractivity (Wildman–Crippen MR) is 114 cm³/mol. The van der Waals surface area contributed by atoms with Gasteiger partial charge in [0.2, 0.25) is 0 Å². The van der Waals surface area contributed by atoms with Gasteiger partial charge in [-0.15, -0.1) is 0 Å². The predicted octanol–water partition coefficient (Wildman–Crippen LogP) is 2.65. The molecule has 1 fully saturated rings. The summed E-state index contributed by atoms with van der Waals surface area (Å²) in [6.45, 7) is 3.45. The van der Waals surface area contributed by atoms with Crippen molar-refractivity contribution in [3.8, 4) is 5.69 Å². The zero-order valence-corrected chi connectivity index (χ0v) is 18.0. The van der Waals surface area contributed by atoms with Crippen LogP contribution in [0.5, 0.6) is 0 Å². The van der Waals surface area contributed by atoms with Crippen LogP contribution in [-0.4, -0.2) is 38.3 Å². The van der Waals surface area contributed by atoms with Crippen molar-refractivity contribution in [3.63, 3.8) is 0 Å². The zero-order chi connectivity index (χ0) is 22.1. The molecule has 8 nitrogen and oxygen atoms in total. The number of primary amides is 1. The van der Waals surface area contributed by atoms with Gasteiger partial charge in [-0.25, -0.2) is 14.2 Å². The molecule has 0 saturated heterocycles. The number of carbonyl (C=O) groups excluding carboxylic acids is 2. The van der Waals surface area contributed by atoms with Crippen LogP contribution in [0.1, 0.15) is 60.3 Å². The highest BCUT2D eigenvalue weighted by Crippen LogP contribution is 2.27. The molecule has 0 aliphatic heterocycles. The first-order chi connectivity index (χ1) is 14.1. The van der Waals surface area contributed by atoms with Crippen molar-refractivity contribution in [1.82, 2.24) is 14.5 Å². The molecule has 1 heterocycles. The van der Waals surface area contributed by atoms with E-state index in [0.29, 0.717) is 29.9 Å². The molecule has 1 aromatic heterocycles. The van der Waals surface area contributed by atoms with Crippen molar-refractivity contribution >= 4 is 23.5 Å². The third kappa shape index (κ3) is 4.29. The number of hydrogen-bond donors (Lipinski definition) is 3. The third-order valence-electron chi connectivity index (χ3n) is 5.86. The normalized spacial score (nSPS) is 16.1. The van der Waals surface area contributed by atoms with Crippen LogP contribution in [0.4, 0.5) is 4.79 Å². The van der Waals surface area contributed by atoms with Gasteiger partial charge in [0.1, 0.15) is 0 Å². The van der Waals surface area contributed by atoms with Gasteiger partial charge in [-0.3, -0.25) is 9.36 Å². The smallest absolute Gasteiger partial charge is 0.341 e. The fourth-order valence-corrected chi connectivity index (χ4v) is 4.21. The summed E-state index contributed by atoms with van der Waals surface area (Å²) in [6, 6.07) is 3.74. The molecule has 1 aromatic carbocycles. The molecule has 2 amide bonds. The fourth-order valence-electron chi connectivity index (χ4n) is 4.00. The summed E-state index contributed by atoms with van der Waals surface area (Å²) in [5.41, 5.74) is 5.31. The summed E-state index contributed by atoms with van der Waals surface area (Å²) in [7, 11) is 0. The number of imidazole rings is 1. The van der Waals surface area contributed by atoms with Gasteiger partial charge < -0.3 is 16.2 Å². The number of amides is 2. The molecule has 1 aliphatic rings. The number of nitrogens with zero attached hydrogens (tertiary/aromatic N) is 2. The Kier molecular flexibility index (Phi) is 6.38. The lowest BCUT2D eigenvalue weighted by Gasteiger charge is -2.27. The van der Waals surface area contributed by atoms with Gasteiger partial charge in [0, 0.05) is 17.9 Å². The Bertz CT molecular complexity index is 1030. The molecule has 3 rings (SSSR count). The summed E-state index contributed by atoms with van der Waals surface area (Å²) in [5.74, 6) is -0.434. The average molecular weight is 435 g/mol. The molecule has 0 bridgehead atoms. The largest absolute Gasteiger partial charge is 0.388 e. The fraction of sp³-hybridized carbons (Fsp3) is 0.476. The lowest BCUT2D eigenvalue weighted by molar-refractivity contribution is 0.0246. The minimum atomic E-state index is -0.917. The average Bonchev–Trinajstić information content (AvgIpc) is 2.83. The van der Waals surface area contributed by atoms with Crippen LogP contribution in [-0.2, 0) is 0 Å². The van der Waals surface area contributed by atoms with Crippen molar-refractivity contribution in [1.29, 1.82) is 0 Å². The molecule has 4 N–H and O–H groups in total. The van der Waals surface area contributed by atoms with Gasteiger partial charge in [0.25, 0.3) is 5.91 Å². The number of nitrogens with one attached hydrogen (secondary N) is 1. The standard InChI is InChI=1S/C21H27ClN4O4/c1-13-14(2)26(19(23)28)20(29)25(13)15-7-8-17(22)16(11-15)18(27)24-12-21(30)9-5-3-4-6-10-21/h7-8,11,30H,3-6,9-10,12H2,1-2H3,(H2,23,28)(H,24,27). The first-order valence-corrected chi connectivity index (χ1v) is 10.4. The molecule has 0 spiro atoms. The molecular formula is C21H27ClN4O4. The van der Waals surface area contributed by atoms with E-state index >= 15 is 0 Å². The Morgan fingerprint density at radius 2 is 1.80 bits per heavy atom. The summed E-state index contributed by atoms with van der Waals surface area (Å²) in [6.07, 6.45) is 5.33. The van der Waals surface area contributed by atoms with E-state index < -0.39 is 23.2 Å². The van der Waals surface area contributed by atoms with Gasteiger partial charge >= 0.3 is 11.7 Å². The van der Waals surface area contributed by atoms with E-state index in [2.05, 4.69) is 5.32 Å². The SMILES string of the molecule is Cc1c(C)n(-c2ccc(Cl)c(C(=O)NCC3(O)CCCCCC3)c2)c(=O)n1C(N)=O. The maximum absolute atomic E-state index is 12.8. The van der Waals surface area contributed by atoms with Gasteiger partial charge in [-0.2, -0.15) is 0 Å². The zero-order valence-electron chi connectivity index (χ0n) is 17.2. The second kappa shape index (κ2) is 8.65. The number of benzene rings is 1. The number of rotatable bonds is 4.